The molecular weight excluding hydrogens is 596 g/mol. The number of rotatable bonds is 6. The normalized spacial score (nSPS) is 34.6. The molecule has 242 valence electrons. The molecule has 14 nitrogen and oxygen atoms in total. The van der Waals surface area contributed by atoms with Crippen LogP contribution in [0.4, 0.5) is 0 Å². The Labute approximate surface area is 257 Å². The van der Waals surface area contributed by atoms with E-state index in [1.54, 1.807) is 31.2 Å². The van der Waals surface area contributed by atoms with Crippen molar-refractivity contribution in [1.82, 2.24) is 0 Å². The fourth-order valence-electron chi connectivity index (χ4n) is 7.04. The van der Waals surface area contributed by atoms with Crippen molar-refractivity contribution < 1.29 is 67.2 Å². The summed E-state index contributed by atoms with van der Waals surface area (Å²) in [6, 6.07) is 6.90. The van der Waals surface area contributed by atoms with Gasteiger partial charge in [0.25, 0.3) is 0 Å². The summed E-state index contributed by atoms with van der Waals surface area (Å²) < 4.78 is 57.7. The lowest BCUT2D eigenvalue weighted by Gasteiger charge is -2.48. The number of phenolic OH excluding ortho intramolecular Hbond substituents is 1. The van der Waals surface area contributed by atoms with Crippen molar-refractivity contribution in [3.05, 3.63) is 41.0 Å². The topological polar surface area (TPSA) is 167 Å². The van der Waals surface area contributed by atoms with Crippen LogP contribution in [-0.4, -0.2) is 93.4 Å². The summed E-state index contributed by atoms with van der Waals surface area (Å²) >= 11 is 0. The number of methoxy groups -OCH3 is 2. The maximum atomic E-state index is 13.5. The molecule has 3 saturated heterocycles. The second kappa shape index (κ2) is 11.5. The Morgan fingerprint density at radius 3 is 2.31 bits per heavy atom. The van der Waals surface area contributed by atoms with Crippen molar-refractivity contribution in [3.63, 3.8) is 0 Å². The lowest BCUT2D eigenvalue weighted by molar-refractivity contribution is -0.365. The first-order valence-electron chi connectivity index (χ1n) is 14.7. The minimum absolute atomic E-state index is 0.0120. The molecule has 5 aliphatic rings. The summed E-state index contributed by atoms with van der Waals surface area (Å²) in [6.45, 7) is 3.08. The van der Waals surface area contributed by atoms with Crippen molar-refractivity contribution >= 4 is 11.9 Å². The predicted molar refractivity (Wildman–Crippen MR) is 148 cm³/mol. The molecule has 0 saturated carbocycles. The monoisotopic (exact) mass is 630 g/mol. The van der Waals surface area contributed by atoms with Gasteiger partial charge in [0.1, 0.15) is 18.3 Å². The summed E-state index contributed by atoms with van der Waals surface area (Å²) in [6.07, 6.45) is -6.74. The molecule has 0 amide bonds. The molecular formula is C31H34O14. The summed E-state index contributed by atoms with van der Waals surface area (Å²) in [7, 11) is 2.85. The maximum absolute atomic E-state index is 13.5. The number of cyclic esters (lactones) is 1. The van der Waals surface area contributed by atoms with E-state index >= 15 is 0 Å². The van der Waals surface area contributed by atoms with E-state index in [2.05, 4.69) is 0 Å². The number of aliphatic hydroxyl groups excluding tert-OH is 1. The second-order valence-corrected chi connectivity index (χ2v) is 11.6. The van der Waals surface area contributed by atoms with Crippen molar-refractivity contribution in [2.75, 3.05) is 34.2 Å². The number of esters is 2. The molecule has 3 fully saturated rings. The lowest BCUT2D eigenvalue weighted by Crippen LogP contribution is -2.64. The Bertz CT molecular complexity index is 1470. The van der Waals surface area contributed by atoms with Gasteiger partial charge in [-0.2, -0.15) is 0 Å². The van der Waals surface area contributed by atoms with Gasteiger partial charge in [-0.3, -0.25) is 9.59 Å². The highest BCUT2D eigenvalue weighted by Gasteiger charge is 2.57. The zero-order valence-corrected chi connectivity index (χ0v) is 25.0. The molecule has 10 atom stereocenters. The minimum Gasteiger partial charge on any atom is -0.502 e. The summed E-state index contributed by atoms with van der Waals surface area (Å²) in [5.74, 6) is -1.85. The first-order chi connectivity index (χ1) is 21.7. The third kappa shape index (κ3) is 5.00. The van der Waals surface area contributed by atoms with Crippen LogP contribution in [0.3, 0.4) is 0 Å². The largest absolute Gasteiger partial charge is 0.502 e. The molecule has 45 heavy (non-hydrogen) atoms. The van der Waals surface area contributed by atoms with Gasteiger partial charge in [0.15, 0.2) is 41.7 Å². The summed E-state index contributed by atoms with van der Waals surface area (Å²) in [5, 5.41) is 21.9. The van der Waals surface area contributed by atoms with Crippen molar-refractivity contribution in [1.29, 1.82) is 0 Å². The third-order valence-corrected chi connectivity index (χ3v) is 9.02. The fraction of sp³-hybridized carbons (Fsp3) is 0.548. The number of hydrogen-bond acceptors (Lipinski definition) is 14. The van der Waals surface area contributed by atoms with Crippen molar-refractivity contribution in [2.24, 2.45) is 11.8 Å². The number of phenols is 1. The molecule has 14 heteroatoms. The third-order valence-electron chi connectivity index (χ3n) is 9.02. The van der Waals surface area contributed by atoms with E-state index < -0.39 is 72.8 Å². The number of hydrogen-bond donors (Lipinski definition) is 2. The van der Waals surface area contributed by atoms with Crippen LogP contribution in [0.5, 0.6) is 28.7 Å². The Balaban J connectivity index is 1.33. The van der Waals surface area contributed by atoms with Gasteiger partial charge in [0.05, 0.1) is 39.5 Å². The zero-order valence-electron chi connectivity index (χ0n) is 25.0. The molecule has 2 aromatic carbocycles. The standard InChI is InChI=1S/C31H34O14/c1-12(32)42-29-26(34)28-22(10-38-13(2)43-28)44-31(29)45-27-16-8-19-18(40-11-41-19)7-15(16)23(24-17(27)9-39-30(24)35)14-5-20(36-3)25(33)21(6-14)37-4/h5-8,13,17,22-24,26-29,31,33-34H,9-11H2,1-4H3/t13-,17+,22-,23-,24+,26+,27-,28-,29-,31+/m1/s1. The van der Waals surface area contributed by atoms with Crippen LogP contribution >= 0.6 is 0 Å². The molecule has 4 heterocycles. The smallest absolute Gasteiger partial charge is 0.310 e. The van der Waals surface area contributed by atoms with Gasteiger partial charge in [-0.1, -0.05) is 0 Å². The van der Waals surface area contributed by atoms with Crippen LogP contribution < -0.4 is 18.9 Å². The van der Waals surface area contributed by atoms with Gasteiger partial charge in [0, 0.05) is 18.8 Å². The predicted octanol–water partition coefficient (Wildman–Crippen LogP) is 1.91. The number of aliphatic hydroxyl groups is 1. The quantitative estimate of drug-likeness (QED) is 0.444. The fourth-order valence-corrected chi connectivity index (χ4v) is 7.04. The molecule has 0 spiro atoms. The highest BCUT2D eigenvalue weighted by molar-refractivity contribution is 5.79. The van der Waals surface area contributed by atoms with Crippen LogP contribution in [0.1, 0.15) is 42.6 Å². The molecule has 7 rings (SSSR count). The molecule has 2 N–H and O–H groups in total. The Hall–Kier alpha value is -3.82. The Morgan fingerprint density at radius 2 is 1.64 bits per heavy atom. The lowest BCUT2D eigenvalue weighted by atomic mass is 9.66. The molecule has 1 aliphatic carbocycles. The average Bonchev–Trinajstić information content (AvgIpc) is 3.64. The maximum Gasteiger partial charge on any atom is 0.310 e. The van der Waals surface area contributed by atoms with Gasteiger partial charge in [0.2, 0.25) is 12.5 Å². The molecule has 0 aromatic heterocycles. The van der Waals surface area contributed by atoms with Crippen LogP contribution in [0.15, 0.2) is 24.3 Å². The SMILES string of the molecule is COc1cc([C@@H]2c3cc4c(cc3[C@@H](O[C@@H]3O[C@@H]5CO[C@@H](C)O[C@H]5[C@H](O)[C@H]3OC(C)=O)[C@H]3COC(=O)[C@H]23)OCO4)cc(OC)c1O. The molecule has 4 aliphatic heterocycles. The second-order valence-electron chi connectivity index (χ2n) is 11.6. The summed E-state index contributed by atoms with van der Waals surface area (Å²) in [4.78, 5) is 25.7. The first kappa shape index (κ1) is 29.9. The number of carbonyl (C=O) groups excluding carboxylic acids is 2. The van der Waals surface area contributed by atoms with E-state index in [-0.39, 0.29) is 37.3 Å². The number of aromatic hydroxyl groups is 1. The van der Waals surface area contributed by atoms with E-state index in [1.165, 1.54) is 21.1 Å². The van der Waals surface area contributed by atoms with E-state index in [9.17, 15) is 19.8 Å². The van der Waals surface area contributed by atoms with E-state index in [0.717, 1.165) is 0 Å². The first-order valence-corrected chi connectivity index (χ1v) is 14.7. The molecule has 0 unspecified atom stereocenters. The van der Waals surface area contributed by atoms with Crippen LogP contribution in [0.2, 0.25) is 0 Å². The Morgan fingerprint density at radius 1 is 0.956 bits per heavy atom. The number of benzene rings is 2. The molecule has 0 radical (unpaired) electrons. The average molecular weight is 631 g/mol. The van der Waals surface area contributed by atoms with E-state index in [1.807, 2.05) is 0 Å². The van der Waals surface area contributed by atoms with Gasteiger partial charge in [-0.05, 0) is 47.9 Å². The van der Waals surface area contributed by atoms with Gasteiger partial charge >= 0.3 is 11.9 Å². The van der Waals surface area contributed by atoms with E-state index in [4.69, 9.17) is 47.4 Å². The highest BCUT2D eigenvalue weighted by atomic mass is 16.8. The van der Waals surface area contributed by atoms with E-state index in [0.29, 0.717) is 28.2 Å². The van der Waals surface area contributed by atoms with Crippen LogP contribution in [-0.2, 0) is 38.0 Å². The van der Waals surface area contributed by atoms with Crippen molar-refractivity contribution in [2.45, 2.75) is 62.9 Å². The van der Waals surface area contributed by atoms with Gasteiger partial charge < -0.3 is 57.6 Å². The van der Waals surface area contributed by atoms with Crippen LogP contribution in [0.25, 0.3) is 0 Å². The molecule has 0 bridgehead atoms. The van der Waals surface area contributed by atoms with Gasteiger partial charge in [-0.25, -0.2) is 0 Å². The Kier molecular flexibility index (Phi) is 7.64. The molecule has 2 aromatic rings. The van der Waals surface area contributed by atoms with Crippen molar-refractivity contribution in [3.8, 4) is 28.7 Å². The van der Waals surface area contributed by atoms with Gasteiger partial charge in [-0.15, -0.1) is 0 Å². The summed E-state index contributed by atoms with van der Waals surface area (Å²) in [5.41, 5.74) is 1.96. The number of fused-ring (bicyclic) bond motifs is 4. The number of carbonyl (C=O) groups is 2. The number of ether oxygens (including phenoxy) is 10. The van der Waals surface area contributed by atoms with Crippen LogP contribution in [0, 0.1) is 11.8 Å². The highest BCUT2D eigenvalue weighted by Crippen LogP contribution is 2.57. The minimum atomic E-state index is -1.29. The zero-order chi connectivity index (χ0) is 31.6.